The highest BCUT2D eigenvalue weighted by atomic mass is 32.2. The molecule has 0 saturated heterocycles. The van der Waals surface area contributed by atoms with Gasteiger partial charge in [-0.3, -0.25) is 0 Å². The Morgan fingerprint density at radius 2 is 1.00 bits per heavy atom. The van der Waals surface area contributed by atoms with Gasteiger partial charge in [-0.15, -0.1) is 28.7 Å². The van der Waals surface area contributed by atoms with Crippen LogP contribution in [0.5, 0.6) is 5.88 Å². The van der Waals surface area contributed by atoms with E-state index in [2.05, 4.69) is 184 Å². The van der Waals surface area contributed by atoms with Crippen molar-refractivity contribution in [2.75, 3.05) is 0 Å². The smallest absolute Gasteiger partial charge is 0.402 e. The monoisotopic (exact) mass is 880 g/mol. The van der Waals surface area contributed by atoms with Gasteiger partial charge in [-0.05, 0) is 41.8 Å². The summed E-state index contributed by atoms with van der Waals surface area (Å²) in [6.07, 6.45) is 5.53. The number of para-hydroxylation sites is 2. The van der Waals surface area contributed by atoms with Crippen LogP contribution >= 0.6 is 0 Å². The Hall–Kier alpha value is -7.74. The SMILES string of the molecule is C.C#CC.C1=C(c2ccccc2)[B-](c2ccccc2)(c2ccccc2)[n+]2c1cc(-c1ccccc1)c1ccccc12.O=S(=O)(Oc1cc(-c2ccccc2)c2ccccc2n1)C(F)(F)F. The van der Waals surface area contributed by atoms with E-state index in [1.165, 1.54) is 55.8 Å². The molecule has 2 aromatic heterocycles. The summed E-state index contributed by atoms with van der Waals surface area (Å²) in [5.74, 6) is 1.62. The van der Waals surface area contributed by atoms with Gasteiger partial charge in [-0.25, -0.2) is 4.98 Å². The largest absolute Gasteiger partial charge is 0.534 e. The lowest BCUT2D eigenvalue weighted by atomic mass is 9.23. The molecule has 0 amide bonds. The number of aromatic nitrogens is 2. The third kappa shape index (κ3) is 8.92. The standard InChI is InChI=1S/C35H26BN.C16H10F3NO3S.C3H4.CH4/c1-5-15-27(16-6-1)33-25-31-26-34(28-17-7-2-8-18-28)36(29-19-9-3-10-20-29,30-21-11-4-12-22-30)37(31)35-24-14-13-23-32(33)35;17-16(18,19)24(21,22)23-15-10-13(11-6-2-1-3-7-11)12-8-4-5-9-14(12)20-15;1-3-2;/h1-26H;1-10H;1H,2H3;1H4. The minimum atomic E-state index is -5.78. The molecule has 5 nitrogen and oxygen atoms in total. The van der Waals surface area contributed by atoms with E-state index in [1.54, 1.807) is 61.5 Å². The molecule has 3 heterocycles. The van der Waals surface area contributed by atoms with Crippen LogP contribution in [0.2, 0.25) is 0 Å². The Bertz CT molecular complexity index is 3220. The van der Waals surface area contributed by atoms with E-state index in [0.717, 1.165) is 0 Å². The van der Waals surface area contributed by atoms with Gasteiger partial charge in [-0.1, -0.05) is 195 Å². The summed E-state index contributed by atoms with van der Waals surface area (Å²) in [7, 11) is -5.78. The van der Waals surface area contributed by atoms with E-state index < -0.39 is 27.8 Å². The Morgan fingerprint density at radius 3 is 1.51 bits per heavy atom. The van der Waals surface area contributed by atoms with Crippen LogP contribution < -0.4 is 19.6 Å². The van der Waals surface area contributed by atoms with Crippen LogP contribution in [-0.2, 0) is 10.1 Å². The van der Waals surface area contributed by atoms with Gasteiger partial charge in [0.1, 0.15) is 0 Å². The zero-order valence-electron chi connectivity index (χ0n) is 34.6. The first-order valence-electron chi connectivity index (χ1n) is 20.5. The van der Waals surface area contributed by atoms with Crippen LogP contribution in [-0.4, -0.2) is 25.2 Å². The highest BCUT2D eigenvalue weighted by molar-refractivity contribution is 7.88. The van der Waals surface area contributed by atoms with Crippen LogP contribution in [0.1, 0.15) is 25.6 Å². The number of pyridine rings is 2. The van der Waals surface area contributed by atoms with E-state index in [1.807, 2.05) is 0 Å². The highest BCUT2D eigenvalue weighted by Gasteiger charge is 2.50. The van der Waals surface area contributed by atoms with E-state index >= 15 is 0 Å². The maximum Gasteiger partial charge on any atom is 0.534 e. The number of nitrogens with zero attached hydrogens (tertiary/aromatic N) is 2. The number of halogens is 3. The molecule has 1 aliphatic rings. The molecule has 0 fully saturated rings. The van der Waals surface area contributed by atoms with E-state index in [9.17, 15) is 21.6 Å². The number of rotatable bonds is 7. The number of terminal acetylenes is 1. The van der Waals surface area contributed by atoms with Crippen molar-refractivity contribution in [3.8, 4) is 40.5 Å². The Kier molecular flexibility index (Phi) is 13.5. The van der Waals surface area contributed by atoms with Crippen molar-refractivity contribution < 1.29 is 30.3 Å². The molecule has 0 saturated carbocycles. The van der Waals surface area contributed by atoms with Crippen LogP contribution in [0.25, 0.3) is 55.6 Å². The molecule has 0 radical (unpaired) electrons. The van der Waals surface area contributed by atoms with Crippen molar-refractivity contribution >= 4 is 60.7 Å². The summed E-state index contributed by atoms with van der Waals surface area (Å²) < 4.78 is 66.8. The molecule has 0 bridgehead atoms. The first kappa shape index (κ1) is 45.3. The number of hydrogen-bond acceptors (Lipinski definition) is 4. The normalized spacial score (nSPS) is 12.5. The molecule has 322 valence electrons. The van der Waals surface area contributed by atoms with Crippen molar-refractivity contribution in [2.24, 2.45) is 0 Å². The average molecular weight is 881 g/mol. The zero-order valence-corrected chi connectivity index (χ0v) is 35.4. The van der Waals surface area contributed by atoms with Crippen molar-refractivity contribution in [1.82, 2.24) is 4.98 Å². The first-order chi connectivity index (χ1) is 31.1. The number of hydrogen-bond donors (Lipinski definition) is 0. The first-order valence-corrected chi connectivity index (χ1v) is 21.9. The molecule has 9 aromatic rings. The molecular formula is C55H44BF3N2O3S. The van der Waals surface area contributed by atoms with Gasteiger partial charge in [-0.2, -0.15) is 21.6 Å². The number of fused-ring (bicyclic) bond motifs is 4. The minimum absolute atomic E-state index is 0. The lowest BCUT2D eigenvalue weighted by molar-refractivity contribution is -0.508. The molecule has 0 spiro atoms. The lowest BCUT2D eigenvalue weighted by Gasteiger charge is -2.36. The van der Waals surface area contributed by atoms with E-state index in [0.29, 0.717) is 22.0 Å². The molecule has 0 N–H and O–H groups in total. The number of benzene rings is 7. The number of alkyl halides is 3. The van der Waals surface area contributed by atoms with Gasteiger partial charge in [0, 0.05) is 34.5 Å². The second-order valence-corrected chi connectivity index (χ2v) is 16.5. The molecule has 65 heavy (non-hydrogen) atoms. The van der Waals surface area contributed by atoms with Crippen LogP contribution in [0.4, 0.5) is 13.2 Å². The topological polar surface area (TPSA) is 60.1 Å². The van der Waals surface area contributed by atoms with Crippen LogP contribution in [0.3, 0.4) is 0 Å². The van der Waals surface area contributed by atoms with Gasteiger partial charge in [0.05, 0.1) is 5.52 Å². The van der Waals surface area contributed by atoms with Crippen molar-refractivity contribution in [3.63, 3.8) is 0 Å². The Balaban J connectivity index is 0.000000195. The fourth-order valence-corrected chi connectivity index (χ4v) is 9.05. The summed E-state index contributed by atoms with van der Waals surface area (Å²) in [6, 6.07) is 71.7. The van der Waals surface area contributed by atoms with Crippen molar-refractivity contribution in [1.29, 1.82) is 0 Å². The third-order valence-corrected chi connectivity index (χ3v) is 12.1. The lowest BCUT2D eigenvalue weighted by Crippen LogP contribution is -2.78. The minimum Gasteiger partial charge on any atom is -0.402 e. The van der Waals surface area contributed by atoms with Crippen molar-refractivity contribution in [2.45, 2.75) is 19.9 Å². The predicted molar refractivity (Wildman–Crippen MR) is 261 cm³/mol. The molecule has 1 aliphatic heterocycles. The van der Waals surface area contributed by atoms with E-state index in [-0.39, 0.29) is 7.43 Å². The summed E-state index contributed by atoms with van der Waals surface area (Å²) in [5.41, 5.74) is 6.21. The molecule has 10 rings (SSSR count). The van der Waals surface area contributed by atoms with Gasteiger partial charge in [0.15, 0.2) is 11.2 Å². The second kappa shape index (κ2) is 19.3. The second-order valence-electron chi connectivity index (χ2n) is 15.0. The molecular weight excluding hydrogens is 836 g/mol. The van der Waals surface area contributed by atoms with Gasteiger partial charge >= 0.3 is 21.9 Å². The summed E-state index contributed by atoms with van der Waals surface area (Å²) >= 11 is 0. The third-order valence-electron chi connectivity index (χ3n) is 11.2. The Labute approximate surface area is 378 Å². The molecule has 10 heteroatoms. The maximum atomic E-state index is 12.5. The Morgan fingerprint density at radius 1 is 0.585 bits per heavy atom. The summed E-state index contributed by atoms with van der Waals surface area (Å²) in [4.78, 5) is 3.86. The molecule has 0 unspecified atom stereocenters. The van der Waals surface area contributed by atoms with Gasteiger partial charge in [0.25, 0.3) is 0 Å². The highest BCUT2D eigenvalue weighted by Crippen LogP contribution is 2.37. The summed E-state index contributed by atoms with van der Waals surface area (Å²) in [5, 5.41) is 1.93. The molecule has 0 aliphatic carbocycles. The predicted octanol–water partition coefficient (Wildman–Crippen LogP) is 11.9. The van der Waals surface area contributed by atoms with Crippen LogP contribution in [0.15, 0.2) is 212 Å². The van der Waals surface area contributed by atoms with Crippen molar-refractivity contribution in [3.05, 3.63) is 224 Å². The zero-order chi connectivity index (χ0) is 44.7. The fourth-order valence-electron chi connectivity index (χ4n) is 8.64. The maximum absolute atomic E-state index is 12.5. The quantitative estimate of drug-likeness (QED) is 0.0692. The van der Waals surface area contributed by atoms with E-state index in [4.69, 9.17) is 0 Å². The van der Waals surface area contributed by atoms with Gasteiger partial charge < -0.3 is 8.66 Å². The molecule has 0 atom stereocenters. The van der Waals surface area contributed by atoms with Crippen LogP contribution in [0, 0.1) is 12.3 Å². The molecule has 7 aromatic carbocycles. The average Bonchev–Trinajstić information content (AvgIpc) is 3.69. The fraction of sp³-hybridized carbons (Fsp3) is 0.0545. The summed E-state index contributed by atoms with van der Waals surface area (Å²) in [6.45, 7) is 1.65. The van der Waals surface area contributed by atoms with Gasteiger partial charge in [0.2, 0.25) is 5.88 Å².